The Bertz CT molecular complexity index is 1830. The molecule has 1 saturated heterocycles. The lowest BCUT2D eigenvalue weighted by molar-refractivity contribution is -0.904. The van der Waals surface area contributed by atoms with Crippen LogP contribution in [0.5, 0.6) is 17.2 Å². The number of sulfonamides is 1. The topological polar surface area (TPSA) is 131 Å². The predicted molar refractivity (Wildman–Crippen MR) is 192 cm³/mol. The van der Waals surface area contributed by atoms with E-state index in [4.69, 9.17) is 46.9 Å². The zero-order chi connectivity index (χ0) is 38.3. The Hall–Kier alpha value is -3.83. The fourth-order valence-electron chi connectivity index (χ4n) is 5.77. The van der Waals surface area contributed by atoms with Gasteiger partial charge in [-0.3, -0.25) is 14.4 Å². The number of carbonyl (C=O) groups excluding carboxylic acids is 1. The minimum absolute atomic E-state index is 0.0118. The van der Waals surface area contributed by atoms with Gasteiger partial charge in [0.05, 0.1) is 38.9 Å². The zero-order valence-corrected chi connectivity index (χ0v) is 31.9. The fourth-order valence-corrected chi connectivity index (χ4v) is 7.29. The predicted octanol–water partition coefficient (Wildman–Crippen LogP) is 5.57. The summed E-state index contributed by atoms with van der Waals surface area (Å²) in [5.74, 6) is 0.524. The molecule has 2 aliphatic rings. The van der Waals surface area contributed by atoms with Crippen LogP contribution in [0.4, 0.5) is 19.3 Å². The van der Waals surface area contributed by atoms with Gasteiger partial charge >= 0.3 is 12.7 Å². The molecule has 2 fully saturated rings. The van der Waals surface area contributed by atoms with Gasteiger partial charge in [0.2, 0.25) is 22.4 Å². The van der Waals surface area contributed by atoms with Gasteiger partial charge in [0.1, 0.15) is 21.9 Å². The van der Waals surface area contributed by atoms with Crippen LogP contribution < -0.4 is 23.2 Å². The Morgan fingerprint density at radius 1 is 1.08 bits per heavy atom. The summed E-state index contributed by atoms with van der Waals surface area (Å²) in [6.45, 7) is 0.400. The molecule has 13 nitrogen and oxygen atoms in total. The first kappa shape index (κ1) is 40.4. The molecule has 1 saturated carbocycles. The van der Waals surface area contributed by atoms with Crippen molar-refractivity contribution in [2.75, 3.05) is 70.7 Å². The van der Waals surface area contributed by atoms with Crippen LogP contribution in [0.25, 0.3) is 0 Å². The smallest absolute Gasteiger partial charge is 0.410 e. The lowest BCUT2D eigenvalue weighted by Crippen LogP contribution is -2.43. The van der Waals surface area contributed by atoms with E-state index in [-0.39, 0.29) is 41.1 Å². The number of nitrogens with zero attached hydrogens (tertiary/aromatic N) is 4. The number of anilines is 1. The van der Waals surface area contributed by atoms with E-state index in [0.29, 0.717) is 78.2 Å². The third-order valence-corrected chi connectivity index (χ3v) is 10.6. The number of aromatic nitrogens is 1. The van der Waals surface area contributed by atoms with Crippen LogP contribution in [0.3, 0.4) is 0 Å². The number of amides is 1. The highest BCUT2D eigenvalue weighted by Gasteiger charge is 2.29. The first-order chi connectivity index (χ1) is 25.2. The Balaban J connectivity index is 1.39. The third kappa shape index (κ3) is 11.3. The number of ether oxygens (including phenoxy) is 5. The molecule has 0 unspecified atom stereocenters. The molecule has 18 heteroatoms. The van der Waals surface area contributed by atoms with Crippen molar-refractivity contribution in [3.63, 3.8) is 0 Å². The van der Waals surface area contributed by atoms with Gasteiger partial charge in [-0.05, 0) is 54.2 Å². The highest BCUT2D eigenvalue weighted by atomic mass is 35.5. The Morgan fingerprint density at radius 2 is 1.75 bits per heavy atom. The summed E-state index contributed by atoms with van der Waals surface area (Å²) in [6, 6.07) is 9.27. The molecule has 0 bridgehead atoms. The van der Waals surface area contributed by atoms with Crippen molar-refractivity contribution in [3.05, 3.63) is 75.5 Å². The van der Waals surface area contributed by atoms with Crippen molar-refractivity contribution in [1.82, 2.24) is 9.80 Å². The molecule has 1 atom stereocenters. The largest absolute Gasteiger partial charge is 0.495 e. The second-order valence-corrected chi connectivity index (χ2v) is 15.6. The summed E-state index contributed by atoms with van der Waals surface area (Å²) in [4.78, 5) is 17.2. The molecule has 2 aromatic carbocycles. The highest BCUT2D eigenvalue weighted by Crippen LogP contribution is 2.38. The summed E-state index contributed by atoms with van der Waals surface area (Å²) in [6.07, 6.45) is 3.60. The molecule has 1 aliphatic heterocycles. The molecule has 2 heterocycles. The van der Waals surface area contributed by atoms with Gasteiger partial charge in [0, 0.05) is 56.5 Å². The molecule has 5 rings (SSSR count). The molecular formula is C35H43Cl2F2N4O9S+. The van der Waals surface area contributed by atoms with Crippen LogP contribution >= 0.6 is 23.2 Å². The molecule has 1 aromatic heterocycles. The number of alkyl halides is 2. The maximum absolute atomic E-state index is 13.7. The van der Waals surface area contributed by atoms with Crippen LogP contribution in [0.2, 0.25) is 10.0 Å². The maximum Gasteiger partial charge on any atom is 0.410 e. The Labute approximate surface area is 317 Å². The average molecular weight is 805 g/mol. The van der Waals surface area contributed by atoms with Crippen molar-refractivity contribution < 1.29 is 55.6 Å². The zero-order valence-electron chi connectivity index (χ0n) is 29.6. The number of rotatable bonds is 17. The number of benzene rings is 2. The van der Waals surface area contributed by atoms with Crippen LogP contribution in [0.1, 0.15) is 35.6 Å². The van der Waals surface area contributed by atoms with Gasteiger partial charge in [0.25, 0.3) is 0 Å². The average Bonchev–Trinajstić information content (AvgIpc) is 3.93. The van der Waals surface area contributed by atoms with Crippen molar-refractivity contribution >= 4 is 45.0 Å². The summed E-state index contributed by atoms with van der Waals surface area (Å²) in [5, 5.41) is 10.1. The second kappa shape index (κ2) is 18.0. The van der Waals surface area contributed by atoms with Crippen LogP contribution in [0.15, 0.2) is 48.8 Å². The minimum Gasteiger partial charge on any atom is -0.495 e. The van der Waals surface area contributed by atoms with E-state index in [2.05, 4.69) is 4.90 Å². The van der Waals surface area contributed by atoms with E-state index in [1.165, 1.54) is 54.0 Å². The summed E-state index contributed by atoms with van der Waals surface area (Å²) < 4.78 is 82.0. The Morgan fingerprint density at radius 3 is 2.38 bits per heavy atom. The fraction of sp³-hybridized carbons (Fsp3) is 0.486. The standard InChI is InChI=1S/C35H43Cl2F2N4O9S/c1-40(19-24-6-8-30(48-2)29(16-24)43(53(3,46)47)11-10-41-12-14-49-15-13-41)35(44)52-32(18-26-27(36)20-42(45)21-28(26)37)25-7-9-31(51-34(38)39)33(17-25)50-22-23-4-5-23/h6-9,16-17,20-21,23,32,34,45H,4-5,10-15,18-19,22H2,1-3H3/q+1/t32-/m0/s1. The minimum atomic E-state index is -3.73. The number of hydrogen-bond donors (Lipinski definition) is 1. The molecular weight excluding hydrogens is 761 g/mol. The third-order valence-electron chi connectivity index (χ3n) is 8.79. The number of carbonyl (C=O) groups is 1. The molecule has 1 N–H and O–H groups in total. The SMILES string of the molecule is COc1ccc(CN(C)C(=O)O[C@@H](Cc2c(Cl)c[n+](O)cc2Cl)c2ccc(OC(F)F)c(OCC3CC3)c2)cc1N(CCN1CCOCC1)S(C)(=O)=O. The van der Waals surface area contributed by atoms with Crippen molar-refractivity contribution in [2.24, 2.45) is 5.92 Å². The number of hydrogen-bond acceptors (Lipinski definition) is 10. The summed E-state index contributed by atoms with van der Waals surface area (Å²) in [7, 11) is -0.768. The van der Waals surface area contributed by atoms with Gasteiger partial charge in [-0.15, -0.1) is 0 Å². The van der Waals surface area contributed by atoms with Crippen LogP contribution in [-0.4, -0.2) is 103 Å². The Kier molecular flexibility index (Phi) is 13.7. The normalized spacial score (nSPS) is 15.5. The molecule has 1 amide bonds. The van der Waals surface area contributed by atoms with Crippen LogP contribution in [-0.2, 0) is 32.5 Å². The monoisotopic (exact) mass is 803 g/mol. The quantitative estimate of drug-likeness (QED) is 0.137. The van der Waals surface area contributed by atoms with Crippen LogP contribution in [0, 0.1) is 5.92 Å². The molecule has 0 spiro atoms. The lowest BCUT2D eigenvalue weighted by atomic mass is 10.0. The summed E-state index contributed by atoms with van der Waals surface area (Å²) in [5.41, 5.74) is 1.63. The van der Waals surface area contributed by atoms with E-state index >= 15 is 0 Å². The van der Waals surface area contributed by atoms with E-state index in [9.17, 15) is 27.2 Å². The second-order valence-electron chi connectivity index (χ2n) is 12.9. The number of morpholine rings is 1. The molecule has 1 aliphatic carbocycles. The number of methoxy groups -OCH3 is 1. The maximum atomic E-state index is 13.7. The molecule has 290 valence electrons. The van der Waals surface area contributed by atoms with Gasteiger partial charge in [-0.2, -0.15) is 8.78 Å². The lowest BCUT2D eigenvalue weighted by Gasteiger charge is -2.31. The van der Waals surface area contributed by atoms with E-state index in [1.54, 1.807) is 18.2 Å². The van der Waals surface area contributed by atoms with Gasteiger partial charge in [-0.1, -0.05) is 35.3 Å². The molecule has 0 radical (unpaired) electrons. The van der Waals surface area contributed by atoms with Crippen molar-refractivity contribution in [1.29, 1.82) is 0 Å². The molecule has 53 heavy (non-hydrogen) atoms. The van der Waals surface area contributed by atoms with Crippen molar-refractivity contribution in [2.45, 2.75) is 38.5 Å². The van der Waals surface area contributed by atoms with E-state index in [0.717, 1.165) is 19.1 Å². The first-order valence-corrected chi connectivity index (χ1v) is 19.5. The summed E-state index contributed by atoms with van der Waals surface area (Å²) >= 11 is 12.9. The van der Waals surface area contributed by atoms with Gasteiger partial charge < -0.3 is 28.6 Å². The van der Waals surface area contributed by atoms with E-state index in [1.807, 2.05) is 0 Å². The first-order valence-electron chi connectivity index (χ1n) is 16.9. The highest BCUT2D eigenvalue weighted by molar-refractivity contribution is 7.92. The van der Waals surface area contributed by atoms with Gasteiger partial charge in [0.15, 0.2) is 11.5 Å². The number of pyridine rings is 1. The molecule has 3 aromatic rings. The van der Waals surface area contributed by atoms with E-state index < -0.39 is 28.8 Å². The van der Waals surface area contributed by atoms with Crippen molar-refractivity contribution in [3.8, 4) is 17.2 Å². The van der Waals surface area contributed by atoms with Gasteiger partial charge in [-0.25, -0.2) is 13.2 Å². The number of halogens is 4.